The summed E-state index contributed by atoms with van der Waals surface area (Å²) < 4.78 is 1.01. The predicted molar refractivity (Wildman–Crippen MR) is 86.6 cm³/mol. The minimum Gasteiger partial charge on any atom is -0.350 e. The Morgan fingerprint density at radius 1 is 1.14 bits per heavy atom. The summed E-state index contributed by atoms with van der Waals surface area (Å²) in [5.74, 6) is 0.796. The van der Waals surface area contributed by atoms with Gasteiger partial charge in [0, 0.05) is 16.7 Å². The number of hydrogen-bond acceptors (Lipinski definition) is 4. The van der Waals surface area contributed by atoms with Gasteiger partial charge in [-0.05, 0) is 42.3 Å². The summed E-state index contributed by atoms with van der Waals surface area (Å²) in [5, 5.41) is 13.9. The van der Waals surface area contributed by atoms with Crippen molar-refractivity contribution in [2.24, 2.45) is 5.92 Å². The van der Waals surface area contributed by atoms with Crippen LogP contribution in [0.25, 0.3) is 0 Å². The summed E-state index contributed by atoms with van der Waals surface area (Å²) in [6.07, 6.45) is 0. The first-order valence-corrected chi connectivity index (χ1v) is 7.48. The Bertz CT molecular complexity index is 596. The molecule has 0 radical (unpaired) electrons. The Morgan fingerprint density at radius 2 is 1.86 bits per heavy atom. The van der Waals surface area contributed by atoms with Crippen LogP contribution < -0.4 is 10.6 Å². The van der Waals surface area contributed by atoms with Gasteiger partial charge in [-0.1, -0.05) is 29.8 Å². The number of carbonyl (C=O) groups is 1. The van der Waals surface area contributed by atoms with Crippen molar-refractivity contribution < 1.29 is 4.79 Å². The van der Waals surface area contributed by atoms with E-state index in [1.165, 1.54) is 0 Å². The van der Waals surface area contributed by atoms with Crippen molar-refractivity contribution in [2.45, 2.75) is 13.8 Å². The van der Waals surface area contributed by atoms with Gasteiger partial charge in [-0.25, -0.2) is 0 Å². The van der Waals surface area contributed by atoms with Gasteiger partial charge in [-0.2, -0.15) is 0 Å². The van der Waals surface area contributed by atoms with Gasteiger partial charge < -0.3 is 10.6 Å². The van der Waals surface area contributed by atoms with E-state index in [1.54, 1.807) is 12.1 Å². The highest BCUT2D eigenvalue weighted by molar-refractivity contribution is 9.10. The van der Waals surface area contributed by atoms with E-state index in [4.69, 9.17) is 0 Å². The van der Waals surface area contributed by atoms with Crippen LogP contribution in [0.2, 0.25) is 0 Å². The number of aromatic nitrogens is 2. The largest absolute Gasteiger partial charge is 0.350 e. The van der Waals surface area contributed by atoms with Crippen LogP contribution in [0, 0.1) is 5.92 Å². The Morgan fingerprint density at radius 3 is 2.43 bits per heavy atom. The van der Waals surface area contributed by atoms with Gasteiger partial charge in [-0.15, -0.1) is 10.2 Å². The predicted octanol–water partition coefficient (Wildman–Crippen LogP) is 3.37. The van der Waals surface area contributed by atoms with E-state index in [0.717, 1.165) is 10.2 Å². The average molecular weight is 349 g/mol. The molecular formula is C15H17BrN4O. The maximum absolute atomic E-state index is 11.8. The van der Waals surface area contributed by atoms with E-state index in [2.05, 4.69) is 36.8 Å². The van der Waals surface area contributed by atoms with Crippen LogP contribution in [0.3, 0.4) is 0 Å². The average Bonchev–Trinajstić information content (AvgIpc) is 2.48. The number of nitrogens with one attached hydrogen (secondary N) is 2. The van der Waals surface area contributed by atoms with Crippen molar-refractivity contribution in [2.75, 3.05) is 11.9 Å². The van der Waals surface area contributed by atoms with Crippen LogP contribution in [-0.2, 0) is 0 Å². The minimum absolute atomic E-state index is 0.202. The molecule has 2 aromatic rings. The van der Waals surface area contributed by atoms with Crippen molar-refractivity contribution in [1.29, 1.82) is 0 Å². The first-order valence-electron chi connectivity index (χ1n) is 6.69. The number of amides is 1. The number of benzene rings is 1. The SMILES string of the molecule is CC(C)CNC(=O)c1ccc(Nc2ccc(Br)cc2)nn1. The van der Waals surface area contributed by atoms with Crippen LogP contribution in [0.4, 0.5) is 11.5 Å². The zero-order valence-electron chi connectivity index (χ0n) is 11.9. The lowest BCUT2D eigenvalue weighted by Gasteiger charge is -2.08. The summed E-state index contributed by atoms with van der Waals surface area (Å²) in [6.45, 7) is 4.70. The number of nitrogens with zero attached hydrogens (tertiary/aromatic N) is 2. The Balaban J connectivity index is 1.98. The Kier molecular flexibility index (Phi) is 5.27. The molecule has 0 aliphatic rings. The summed E-state index contributed by atoms with van der Waals surface area (Å²) in [7, 11) is 0. The molecule has 1 amide bonds. The second-order valence-electron chi connectivity index (χ2n) is 5.04. The number of carbonyl (C=O) groups excluding carboxylic acids is 1. The molecule has 0 fully saturated rings. The maximum Gasteiger partial charge on any atom is 0.271 e. The molecule has 1 heterocycles. The third-order valence-corrected chi connectivity index (χ3v) is 3.21. The van der Waals surface area contributed by atoms with Gasteiger partial charge in [0.15, 0.2) is 11.5 Å². The summed E-state index contributed by atoms with van der Waals surface area (Å²) in [6, 6.07) is 11.1. The van der Waals surface area contributed by atoms with Crippen molar-refractivity contribution in [1.82, 2.24) is 15.5 Å². The molecule has 1 aromatic heterocycles. The van der Waals surface area contributed by atoms with Gasteiger partial charge in [0.2, 0.25) is 0 Å². The van der Waals surface area contributed by atoms with Crippen LogP contribution in [0.1, 0.15) is 24.3 Å². The van der Waals surface area contributed by atoms with E-state index in [9.17, 15) is 4.79 Å². The Labute approximate surface area is 132 Å². The molecule has 2 rings (SSSR count). The lowest BCUT2D eigenvalue weighted by molar-refractivity contribution is 0.0943. The van der Waals surface area contributed by atoms with Crippen LogP contribution in [0.15, 0.2) is 40.9 Å². The lowest BCUT2D eigenvalue weighted by atomic mass is 10.2. The molecule has 0 saturated heterocycles. The van der Waals surface area contributed by atoms with Crippen molar-refractivity contribution >= 4 is 33.3 Å². The second kappa shape index (κ2) is 7.17. The highest BCUT2D eigenvalue weighted by Crippen LogP contribution is 2.17. The zero-order valence-corrected chi connectivity index (χ0v) is 13.5. The summed E-state index contributed by atoms with van der Waals surface area (Å²) in [5.41, 5.74) is 1.22. The monoisotopic (exact) mass is 348 g/mol. The molecule has 110 valence electrons. The summed E-state index contributed by atoms with van der Waals surface area (Å²) in [4.78, 5) is 11.8. The molecule has 0 unspecified atom stereocenters. The molecule has 0 saturated carbocycles. The highest BCUT2D eigenvalue weighted by Gasteiger charge is 2.08. The molecular weight excluding hydrogens is 332 g/mol. The van der Waals surface area contributed by atoms with Crippen LogP contribution >= 0.6 is 15.9 Å². The van der Waals surface area contributed by atoms with E-state index in [0.29, 0.717) is 24.0 Å². The Hall–Kier alpha value is -1.95. The third kappa shape index (κ3) is 4.82. The van der Waals surface area contributed by atoms with Crippen molar-refractivity contribution in [3.63, 3.8) is 0 Å². The van der Waals surface area contributed by atoms with E-state index in [-0.39, 0.29) is 5.91 Å². The quantitative estimate of drug-likeness (QED) is 0.869. The molecule has 0 bridgehead atoms. The highest BCUT2D eigenvalue weighted by atomic mass is 79.9. The van der Waals surface area contributed by atoms with Gasteiger partial charge in [0.25, 0.3) is 5.91 Å². The van der Waals surface area contributed by atoms with E-state index in [1.807, 2.05) is 38.1 Å². The van der Waals surface area contributed by atoms with Gasteiger partial charge in [0.05, 0.1) is 0 Å². The molecule has 5 nitrogen and oxygen atoms in total. The van der Waals surface area contributed by atoms with Gasteiger partial charge >= 0.3 is 0 Å². The molecule has 6 heteroatoms. The van der Waals surface area contributed by atoms with E-state index < -0.39 is 0 Å². The molecule has 2 N–H and O–H groups in total. The molecule has 1 aromatic carbocycles. The third-order valence-electron chi connectivity index (χ3n) is 2.68. The minimum atomic E-state index is -0.202. The molecule has 0 aliphatic carbocycles. The number of halogens is 1. The van der Waals surface area contributed by atoms with Gasteiger partial charge in [0.1, 0.15) is 0 Å². The molecule has 21 heavy (non-hydrogen) atoms. The molecule has 0 atom stereocenters. The van der Waals surface area contributed by atoms with Crippen molar-refractivity contribution in [3.05, 3.63) is 46.6 Å². The lowest BCUT2D eigenvalue weighted by Crippen LogP contribution is -2.28. The smallest absolute Gasteiger partial charge is 0.271 e. The van der Waals surface area contributed by atoms with Crippen molar-refractivity contribution in [3.8, 4) is 0 Å². The van der Waals surface area contributed by atoms with Gasteiger partial charge in [-0.3, -0.25) is 4.79 Å². The summed E-state index contributed by atoms with van der Waals surface area (Å²) >= 11 is 3.38. The first kappa shape index (κ1) is 15.4. The fraction of sp³-hybridized carbons (Fsp3) is 0.267. The zero-order chi connectivity index (χ0) is 15.2. The number of hydrogen-bond donors (Lipinski definition) is 2. The molecule has 0 aliphatic heterocycles. The maximum atomic E-state index is 11.8. The normalized spacial score (nSPS) is 10.5. The van der Waals surface area contributed by atoms with E-state index >= 15 is 0 Å². The standard InChI is InChI=1S/C15H17BrN4O/c1-10(2)9-17-15(21)13-7-8-14(20-19-13)18-12-5-3-11(16)4-6-12/h3-8,10H,9H2,1-2H3,(H,17,21)(H,18,20). The second-order valence-corrected chi connectivity index (χ2v) is 5.96. The van der Waals surface area contributed by atoms with Crippen LogP contribution in [0.5, 0.6) is 0 Å². The number of anilines is 2. The first-order chi connectivity index (χ1) is 10.0. The van der Waals surface area contributed by atoms with Crippen LogP contribution in [-0.4, -0.2) is 22.6 Å². The fourth-order valence-electron chi connectivity index (χ4n) is 1.59. The fourth-order valence-corrected chi connectivity index (χ4v) is 1.85. The molecule has 0 spiro atoms. The number of rotatable bonds is 5. The topological polar surface area (TPSA) is 66.9 Å².